The van der Waals surface area contributed by atoms with Gasteiger partial charge in [0.1, 0.15) is 0 Å². The Kier molecular flexibility index (Phi) is 5.74. The van der Waals surface area contributed by atoms with Crippen molar-refractivity contribution in [1.82, 2.24) is 19.6 Å². The summed E-state index contributed by atoms with van der Waals surface area (Å²) in [5.74, 6) is 0.0385. The van der Waals surface area contributed by atoms with Crippen LogP contribution >= 0.6 is 0 Å². The number of amides is 1. The average Bonchev–Trinajstić information content (AvgIpc) is 2.85. The molecule has 1 saturated heterocycles. The standard InChI is InChI=1S/C20H29N5O/c1-15-7-5-6-8-18(15)13-24-9-11-25(12-10-24)14-19(26)21-20-16(2)22-23(4)17(20)3/h5-8H,9-14H2,1-4H3,(H,21,26). The van der Waals surface area contributed by atoms with Gasteiger partial charge in [0, 0.05) is 39.8 Å². The predicted molar refractivity (Wildman–Crippen MR) is 104 cm³/mol. The Morgan fingerprint density at radius 2 is 1.73 bits per heavy atom. The maximum Gasteiger partial charge on any atom is 0.238 e. The van der Waals surface area contributed by atoms with Crippen molar-refractivity contribution in [3.63, 3.8) is 0 Å². The van der Waals surface area contributed by atoms with Gasteiger partial charge in [-0.2, -0.15) is 5.10 Å². The molecule has 1 fully saturated rings. The minimum atomic E-state index is 0.0385. The Hall–Kier alpha value is -2.18. The van der Waals surface area contributed by atoms with Crippen LogP contribution in [-0.4, -0.2) is 58.2 Å². The van der Waals surface area contributed by atoms with Crippen molar-refractivity contribution in [2.24, 2.45) is 7.05 Å². The number of carbonyl (C=O) groups excluding carboxylic acids is 1. The smallest absolute Gasteiger partial charge is 0.238 e. The molecular weight excluding hydrogens is 326 g/mol. The number of carbonyl (C=O) groups is 1. The number of hydrogen-bond donors (Lipinski definition) is 1. The summed E-state index contributed by atoms with van der Waals surface area (Å²) in [5, 5.41) is 7.38. The maximum absolute atomic E-state index is 12.4. The summed E-state index contributed by atoms with van der Waals surface area (Å²) >= 11 is 0. The number of rotatable bonds is 5. The van der Waals surface area contributed by atoms with E-state index in [1.165, 1.54) is 11.1 Å². The molecule has 26 heavy (non-hydrogen) atoms. The molecule has 2 aromatic rings. The molecule has 1 aliphatic heterocycles. The highest BCUT2D eigenvalue weighted by Crippen LogP contribution is 2.18. The molecule has 1 aliphatic rings. The highest BCUT2D eigenvalue weighted by Gasteiger charge is 2.20. The van der Waals surface area contributed by atoms with Crippen molar-refractivity contribution < 1.29 is 4.79 Å². The Morgan fingerprint density at radius 3 is 2.35 bits per heavy atom. The first kappa shape index (κ1) is 18.6. The van der Waals surface area contributed by atoms with Crippen molar-refractivity contribution in [3.05, 3.63) is 46.8 Å². The lowest BCUT2D eigenvalue weighted by atomic mass is 10.1. The third-order valence-corrected chi connectivity index (χ3v) is 5.26. The van der Waals surface area contributed by atoms with Crippen LogP contribution in [0.3, 0.4) is 0 Å². The number of benzene rings is 1. The number of nitrogens with one attached hydrogen (secondary N) is 1. The molecule has 6 heteroatoms. The average molecular weight is 355 g/mol. The second kappa shape index (κ2) is 8.01. The van der Waals surface area contributed by atoms with E-state index in [4.69, 9.17) is 0 Å². The molecule has 3 rings (SSSR count). The van der Waals surface area contributed by atoms with Gasteiger partial charge in [-0.25, -0.2) is 0 Å². The third kappa shape index (κ3) is 4.31. The number of piperazine rings is 1. The second-order valence-corrected chi connectivity index (χ2v) is 7.20. The van der Waals surface area contributed by atoms with E-state index in [2.05, 4.69) is 51.4 Å². The maximum atomic E-state index is 12.4. The van der Waals surface area contributed by atoms with E-state index in [-0.39, 0.29) is 5.91 Å². The molecule has 0 spiro atoms. The quantitative estimate of drug-likeness (QED) is 0.892. The molecule has 0 radical (unpaired) electrons. The second-order valence-electron chi connectivity index (χ2n) is 7.20. The number of aromatic nitrogens is 2. The molecular formula is C20H29N5O. The van der Waals surface area contributed by atoms with Crippen molar-refractivity contribution in [2.75, 3.05) is 38.0 Å². The molecule has 1 N–H and O–H groups in total. The summed E-state index contributed by atoms with van der Waals surface area (Å²) in [5.41, 5.74) is 5.42. The lowest BCUT2D eigenvalue weighted by molar-refractivity contribution is -0.117. The zero-order valence-corrected chi connectivity index (χ0v) is 16.2. The molecule has 140 valence electrons. The van der Waals surface area contributed by atoms with Crippen LogP contribution in [0.1, 0.15) is 22.5 Å². The van der Waals surface area contributed by atoms with Gasteiger partial charge in [-0.15, -0.1) is 0 Å². The zero-order chi connectivity index (χ0) is 18.7. The molecule has 0 saturated carbocycles. The predicted octanol–water partition coefficient (Wildman–Crippen LogP) is 2.10. The summed E-state index contributed by atoms with van der Waals surface area (Å²) < 4.78 is 1.80. The van der Waals surface area contributed by atoms with Gasteiger partial charge < -0.3 is 5.32 Å². The number of aryl methyl sites for hydroxylation is 3. The number of anilines is 1. The van der Waals surface area contributed by atoms with Crippen LogP contribution in [0.4, 0.5) is 5.69 Å². The highest BCUT2D eigenvalue weighted by molar-refractivity contribution is 5.93. The molecule has 1 amide bonds. The number of nitrogens with zero attached hydrogens (tertiary/aromatic N) is 4. The van der Waals surface area contributed by atoms with Gasteiger partial charge in [0.15, 0.2) is 0 Å². The Morgan fingerprint density at radius 1 is 1.08 bits per heavy atom. The van der Waals surface area contributed by atoms with E-state index in [1.807, 2.05) is 20.9 Å². The Labute approximate surface area is 155 Å². The lowest BCUT2D eigenvalue weighted by Crippen LogP contribution is -2.48. The van der Waals surface area contributed by atoms with Crippen LogP contribution in [0, 0.1) is 20.8 Å². The minimum Gasteiger partial charge on any atom is -0.322 e. The van der Waals surface area contributed by atoms with E-state index in [0.29, 0.717) is 6.54 Å². The van der Waals surface area contributed by atoms with Crippen molar-refractivity contribution in [2.45, 2.75) is 27.3 Å². The Bertz CT molecular complexity index is 775. The molecule has 1 aromatic heterocycles. The monoisotopic (exact) mass is 355 g/mol. The highest BCUT2D eigenvalue weighted by atomic mass is 16.2. The van der Waals surface area contributed by atoms with Gasteiger partial charge in [-0.05, 0) is 31.9 Å². The third-order valence-electron chi connectivity index (χ3n) is 5.26. The molecule has 0 bridgehead atoms. The first-order chi connectivity index (χ1) is 12.4. The molecule has 1 aromatic carbocycles. The van der Waals surface area contributed by atoms with E-state index in [0.717, 1.165) is 49.8 Å². The van der Waals surface area contributed by atoms with Gasteiger partial charge in [-0.1, -0.05) is 24.3 Å². The van der Waals surface area contributed by atoms with Gasteiger partial charge in [0.25, 0.3) is 0 Å². The van der Waals surface area contributed by atoms with Gasteiger partial charge in [0.2, 0.25) is 5.91 Å². The normalized spacial score (nSPS) is 16.0. The number of hydrogen-bond acceptors (Lipinski definition) is 4. The molecule has 6 nitrogen and oxygen atoms in total. The first-order valence-corrected chi connectivity index (χ1v) is 9.23. The fraction of sp³-hybridized carbons (Fsp3) is 0.500. The molecule has 0 aliphatic carbocycles. The van der Waals surface area contributed by atoms with E-state index < -0.39 is 0 Å². The van der Waals surface area contributed by atoms with Crippen LogP contribution in [0.5, 0.6) is 0 Å². The fourth-order valence-corrected chi connectivity index (χ4v) is 3.47. The van der Waals surface area contributed by atoms with Crippen LogP contribution in [-0.2, 0) is 18.4 Å². The molecule has 2 heterocycles. The Balaban J connectivity index is 1.48. The van der Waals surface area contributed by atoms with Crippen molar-refractivity contribution in [3.8, 4) is 0 Å². The zero-order valence-electron chi connectivity index (χ0n) is 16.2. The van der Waals surface area contributed by atoms with Gasteiger partial charge in [-0.3, -0.25) is 19.3 Å². The largest absolute Gasteiger partial charge is 0.322 e. The summed E-state index contributed by atoms with van der Waals surface area (Å²) in [6.07, 6.45) is 0. The summed E-state index contributed by atoms with van der Waals surface area (Å²) in [6.45, 7) is 11.3. The summed E-state index contributed by atoms with van der Waals surface area (Å²) in [4.78, 5) is 17.1. The van der Waals surface area contributed by atoms with Crippen LogP contribution in [0.15, 0.2) is 24.3 Å². The fourth-order valence-electron chi connectivity index (χ4n) is 3.47. The first-order valence-electron chi connectivity index (χ1n) is 9.23. The van der Waals surface area contributed by atoms with Crippen molar-refractivity contribution in [1.29, 1.82) is 0 Å². The van der Waals surface area contributed by atoms with Crippen molar-refractivity contribution >= 4 is 11.6 Å². The minimum absolute atomic E-state index is 0.0385. The van der Waals surface area contributed by atoms with Gasteiger partial charge >= 0.3 is 0 Å². The summed E-state index contributed by atoms with van der Waals surface area (Å²) in [6, 6.07) is 8.55. The topological polar surface area (TPSA) is 53.4 Å². The lowest BCUT2D eigenvalue weighted by Gasteiger charge is -2.34. The van der Waals surface area contributed by atoms with E-state index in [9.17, 15) is 4.79 Å². The SMILES string of the molecule is Cc1ccccc1CN1CCN(CC(=O)Nc2c(C)nn(C)c2C)CC1. The summed E-state index contributed by atoms with van der Waals surface area (Å²) in [7, 11) is 1.89. The van der Waals surface area contributed by atoms with E-state index in [1.54, 1.807) is 4.68 Å². The van der Waals surface area contributed by atoms with E-state index >= 15 is 0 Å². The molecule has 0 atom stereocenters. The van der Waals surface area contributed by atoms with Crippen LogP contribution in [0.25, 0.3) is 0 Å². The van der Waals surface area contributed by atoms with Crippen LogP contribution < -0.4 is 5.32 Å². The van der Waals surface area contributed by atoms with Crippen LogP contribution in [0.2, 0.25) is 0 Å². The molecule has 0 unspecified atom stereocenters. The van der Waals surface area contributed by atoms with Gasteiger partial charge in [0.05, 0.1) is 23.6 Å².